The van der Waals surface area contributed by atoms with Gasteiger partial charge in [-0.2, -0.15) is 4.98 Å². The van der Waals surface area contributed by atoms with Crippen LogP contribution in [-0.2, 0) is 11.3 Å². The van der Waals surface area contributed by atoms with Gasteiger partial charge in [-0.1, -0.05) is 18.2 Å². The van der Waals surface area contributed by atoms with Crippen LogP contribution in [0.3, 0.4) is 0 Å². The zero-order chi connectivity index (χ0) is 23.3. The molecular formula is C22H24F2N8O. The Hall–Kier alpha value is -3.63. The quantitative estimate of drug-likeness (QED) is 0.463. The Kier molecular flexibility index (Phi) is 4.98. The molecule has 1 amide bonds. The number of anilines is 1. The maximum atomic E-state index is 12.8. The summed E-state index contributed by atoms with van der Waals surface area (Å²) in [5, 5.41) is 11.9. The average Bonchev–Trinajstić information content (AvgIpc) is 3.35. The molecule has 0 aliphatic heterocycles. The average molecular weight is 454 g/mol. The van der Waals surface area contributed by atoms with Gasteiger partial charge in [0.2, 0.25) is 11.9 Å². The van der Waals surface area contributed by atoms with Crippen LogP contribution in [0.5, 0.6) is 0 Å². The molecule has 1 aliphatic rings. The van der Waals surface area contributed by atoms with Crippen molar-refractivity contribution < 1.29 is 13.6 Å². The molecule has 1 aliphatic carbocycles. The summed E-state index contributed by atoms with van der Waals surface area (Å²) in [6.07, 6.45) is 2.49. The van der Waals surface area contributed by atoms with Crippen LogP contribution in [0.15, 0.2) is 30.6 Å². The number of benzene rings is 1. The number of rotatable bonds is 6. The van der Waals surface area contributed by atoms with E-state index < -0.39 is 13.0 Å². The lowest BCUT2D eigenvalue weighted by molar-refractivity contribution is -0.143. The molecule has 4 aromatic rings. The van der Waals surface area contributed by atoms with Crippen molar-refractivity contribution in [3.63, 3.8) is 0 Å². The third-order valence-corrected chi connectivity index (χ3v) is 6.22. The van der Waals surface area contributed by atoms with E-state index in [-0.39, 0.29) is 17.4 Å². The summed E-state index contributed by atoms with van der Waals surface area (Å²) in [7, 11) is 3.55. The molecule has 33 heavy (non-hydrogen) atoms. The van der Waals surface area contributed by atoms with Crippen LogP contribution in [0.4, 0.5) is 14.7 Å². The van der Waals surface area contributed by atoms with Gasteiger partial charge in [-0.05, 0) is 30.5 Å². The first kappa shape index (κ1) is 21.2. The van der Waals surface area contributed by atoms with Gasteiger partial charge in [0.1, 0.15) is 17.7 Å². The van der Waals surface area contributed by atoms with Gasteiger partial charge in [0.05, 0.1) is 10.9 Å². The molecule has 5 rings (SSSR count). The minimum atomic E-state index is -2.51. The Morgan fingerprint density at radius 2 is 2.15 bits per heavy atom. The topological polar surface area (TPSA) is 105 Å². The number of hydrogen-bond donors (Lipinski definition) is 2. The van der Waals surface area contributed by atoms with E-state index in [0.29, 0.717) is 22.6 Å². The van der Waals surface area contributed by atoms with Gasteiger partial charge < -0.3 is 15.2 Å². The standard InChI is InChI=1S/C22H24F2N8O/c1-22(20(33)31(2)3)7-13(8-22)27-21-26-10-15-14(9-25-19(15)28-21)12-4-5-16-17(6-12)32(30-29-16)11-18(23)24/h4-6,9-10,13,18H,7-8,11H2,1-3H3,(H2,25,26,27,28)/t13-,22+. The molecule has 0 radical (unpaired) electrons. The fourth-order valence-electron chi connectivity index (χ4n) is 4.64. The summed E-state index contributed by atoms with van der Waals surface area (Å²) in [5.41, 5.74) is 3.09. The van der Waals surface area contributed by atoms with E-state index in [2.05, 4.69) is 30.6 Å². The van der Waals surface area contributed by atoms with Crippen LogP contribution >= 0.6 is 0 Å². The van der Waals surface area contributed by atoms with E-state index in [0.717, 1.165) is 29.4 Å². The third-order valence-electron chi connectivity index (χ3n) is 6.22. The van der Waals surface area contributed by atoms with Gasteiger partial charge in [0, 0.05) is 43.5 Å². The number of hydrogen-bond acceptors (Lipinski definition) is 6. The van der Waals surface area contributed by atoms with Crippen molar-refractivity contribution in [1.82, 2.24) is 34.8 Å². The fraction of sp³-hybridized carbons (Fsp3) is 0.409. The lowest BCUT2D eigenvalue weighted by atomic mass is 9.66. The van der Waals surface area contributed by atoms with Gasteiger partial charge >= 0.3 is 0 Å². The normalized spacial score (nSPS) is 20.4. The molecule has 3 heterocycles. The summed E-state index contributed by atoms with van der Waals surface area (Å²) in [4.78, 5) is 26.1. The highest BCUT2D eigenvalue weighted by atomic mass is 19.3. The molecule has 1 aromatic carbocycles. The van der Waals surface area contributed by atoms with Crippen molar-refractivity contribution in [2.45, 2.75) is 38.8 Å². The Morgan fingerprint density at radius 1 is 1.36 bits per heavy atom. The molecular weight excluding hydrogens is 430 g/mol. The zero-order valence-electron chi connectivity index (χ0n) is 18.5. The van der Waals surface area contributed by atoms with Gasteiger partial charge in [-0.15, -0.1) is 5.10 Å². The summed E-state index contributed by atoms with van der Waals surface area (Å²) >= 11 is 0. The largest absolute Gasteiger partial charge is 0.351 e. The Bertz CT molecular complexity index is 1340. The van der Waals surface area contributed by atoms with Crippen molar-refractivity contribution in [3.05, 3.63) is 30.6 Å². The van der Waals surface area contributed by atoms with Crippen molar-refractivity contribution in [2.75, 3.05) is 19.4 Å². The van der Waals surface area contributed by atoms with Gasteiger partial charge in [-0.25, -0.2) is 18.4 Å². The van der Waals surface area contributed by atoms with Crippen molar-refractivity contribution in [1.29, 1.82) is 0 Å². The number of carbonyl (C=O) groups is 1. The highest BCUT2D eigenvalue weighted by Gasteiger charge is 2.47. The number of alkyl halides is 2. The molecule has 0 atom stereocenters. The van der Waals surface area contributed by atoms with E-state index in [4.69, 9.17) is 0 Å². The van der Waals surface area contributed by atoms with Gasteiger partial charge in [-0.3, -0.25) is 4.79 Å². The molecule has 0 spiro atoms. The molecule has 0 bridgehead atoms. The number of nitrogens with zero attached hydrogens (tertiary/aromatic N) is 6. The first-order valence-electron chi connectivity index (χ1n) is 10.7. The van der Waals surface area contributed by atoms with E-state index in [1.165, 1.54) is 4.68 Å². The summed E-state index contributed by atoms with van der Waals surface area (Å²) < 4.78 is 26.9. The molecule has 0 unspecified atom stereocenters. The second-order valence-electron chi connectivity index (χ2n) is 9.03. The molecule has 2 N–H and O–H groups in total. The van der Waals surface area contributed by atoms with E-state index >= 15 is 0 Å². The fourth-order valence-corrected chi connectivity index (χ4v) is 4.64. The smallest absolute Gasteiger partial charge is 0.258 e. The second-order valence-corrected chi connectivity index (χ2v) is 9.03. The third kappa shape index (κ3) is 3.77. The molecule has 172 valence electrons. The van der Waals surface area contributed by atoms with Crippen LogP contribution in [0.1, 0.15) is 19.8 Å². The lowest BCUT2D eigenvalue weighted by Gasteiger charge is -2.45. The highest BCUT2D eigenvalue weighted by Crippen LogP contribution is 2.43. The molecule has 0 saturated heterocycles. The summed E-state index contributed by atoms with van der Waals surface area (Å²) in [6.45, 7) is 1.47. The first-order valence-corrected chi connectivity index (χ1v) is 10.7. The minimum Gasteiger partial charge on any atom is -0.351 e. The molecule has 1 fully saturated rings. The zero-order valence-corrected chi connectivity index (χ0v) is 18.5. The first-order chi connectivity index (χ1) is 15.7. The van der Waals surface area contributed by atoms with Crippen molar-refractivity contribution in [2.24, 2.45) is 5.41 Å². The Labute approximate surface area is 188 Å². The van der Waals surface area contributed by atoms with Crippen LogP contribution in [-0.4, -0.2) is 67.3 Å². The number of halogens is 2. The van der Waals surface area contributed by atoms with E-state index in [1.54, 1.807) is 37.3 Å². The lowest BCUT2D eigenvalue weighted by Crippen LogP contribution is -2.52. The monoisotopic (exact) mass is 454 g/mol. The minimum absolute atomic E-state index is 0.132. The maximum Gasteiger partial charge on any atom is 0.258 e. The molecule has 11 heteroatoms. The van der Waals surface area contributed by atoms with Crippen LogP contribution < -0.4 is 5.32 Å². The number of H-pyrrole nitrogens is 1. The number of nitrogens with one attached hydrogen (secondary N) is 2. The number of aromatic amines is 1. The second kappa shape index (κ2) is 7.75. The number of amides is 1. The van der Waals surface area contributed by atoms with E-state index in [1.807, 2.05) is 19.2 Å². The number of aromatic nitrogens is 6. The van der Waals surface area contributed by atoms with E-state index in [9.17, 15) is 13.6 Å². The maximum absolute atomic E-state index is 12.8. The highest BCUT2D eigenvalue weighted by molar-refractivity contribution is 5.95. The molecule has 1 saturated carbocycles. The predicted molar refractivity (Wildman–Crippen MR) is 120 cm³/mol. The van der Waals surface area contributed by atoms with Crippen LogP contribution in [0.25, 0.3) is 33.2 Å². The van der Waals surface area contributed by atoms with Crippen molar-refractivity contribution in [3.8, 4) is 11.1 Å². The Balaban J connectivity index is 1.36. The molecule has 9 nitrogen and oxygen atoms in total. The van der Waals surface area contributed by atoms with Gasteiger partial charge in [0.25, 0.3) is 6.43 Å². The molecule has 3 aromatic heterocycles. The van der Waals surface area contributed by atoms with Crippen molar-refractivity contribution >= 4 is 33.9 Å². The van der Waals surface area contributed by atoms with Gasteiger partial charge in [0.15, 0.2) is 0 Å². The Morgan fingerprint density at radius 3 is 2.88 bits per heavy atom. The van der Waals surface area contributed by atoms with Crippen LogP contribution in [0.2, 0.25) is 0 Å². The summed E-state index contributed by atoms with van der Waals surface area (Å²) in [5.74, 6) is 0.628. The number of carbonyl (C=O) groups excluding carboxylic acids is 1. The summed E-state index contributed by atoms with van der Waals surface area (Å²) in [6, 6.07) is 5.56. The number of fused-ring (bicyclic) bond motifs is 2. The SMILES string of the molecule is CN(C)C(=O)[C@]1(C)C[C@H](Nc2ncc3c(-c4ccc5nnn(CC(F)F)c5c4)c[nH]c3n2)C1. The van der Waals surface area contributed by atoms with Crippen LogP contribution in [0, 0.1) is 5.41 Å². The predicted octanol–water partition coefficient (Wildman–Crippen LogP) is 3.30.